The van der Waals surface area contributed by atoms with Gasteiger partial charge in [-0.2, -0.15) is 0 Å². The van der Waals surface area contributed by atoms with Gasteiger partial charge in [-0.25, -0.2) is 4.39 Å². The van der Waals surface area contributed by atoms with Crippen molar-refractivity contribution < 1.29 is 14.3 Å². The van der Waals surface area contributed by atoms with E-state index in [0.29, 0.717) is 12.0 Å². The average molecular weight is 279 g/mol. The number of nitrogens with one attached hydrogen (secondary N) is 1. The number of halogens is 1. The van der Waals surface area contributed by atoms with Crippen LogP contribution in [0, 0.1) is 11.7 Å². The van der Waals surface area contributed by atoms with Crippen molar-refractivity contribution in [2.45, 2.75) is 51.2 Å². The van der Waals surface area contributed by atoms with Gasteiger partial charge in [0.15, 0.2) is 0 Å². The van der Waals surface area contributed by atoms with Crippen molar-refractivity contribution in [1.29, 1.82) is 0 Å². The van der Waals surface area contributed by atoms with Crippen molar-refractivity contribution in [3.8, 4) is 0 Å². The number of rotatable bonds is 4. The Bertz CT molecular complexity index is 464. The number of aliphatic hydroxyl groups excluding tert-OH is 1. The minimum Gasteiger partial charge on any atom is -0.391 e. The Labute approximate surface area is 119 Å². The average Bonchev–Trinajstić information content (AvgIpc) is 2.43. The van der Waals surface area contributed by atoms with Crippen molar-refractivity contribution in [3.63, 3.8) is 0 Å². The van der Waals surface area contributed by atoms with E-state index in [1.807, 2.05) is 0 Å². The molecule has 110 valence electrons. The van der Waals surface area contributed by atoms with Crippen molar-refractivity contribution in [3.05, 3.63) is 35.6 Å². The van der Waals surface area contributed by atoms with Crippen LogP contribution in [0.2, 0.25) is 0 Å². The molecular weight excluding hydrogens is 257 g/mol. The second-order valence-electron chi connectivity index (χ2n) is 5.66. The third kappa shape index (κ3) is 3.79. The van der Waals surface area contributed by atoms with Crippen molar-refractivity contribution in [1.82, 2.24) is 5.32 Å². The molecule has 1 amide bonds. The van der Waals surface area contributed by atoms with Crippen LogP contribution in [0.15, 0.2) is 24.3 Å². The Morgan fingerprint density at radius 1 is 1.40 bits per heavy atom. The molecule has 0 spiro atoms. The second kappa shape index (κ2) is 6.84. The van der Waals surface area contributed by atoms with Crippen LogP contribution >= 0.6 is 0 Å². The Balaban J connectivity index is 1.90. The molecule has 1 aromatic carbocycles. The molecule has 3 unspecified atom stereocenters. The minimum absolute atomic E-state index is 0.112. The zero-order valence-corrected chi connectivity index (χ0v) is 11.8. The Hall–Kier alpha value is -1.42. The van der Waals surface area contributed by atoms with Gasteiger partial charge in [0.25, 0.3) is 0 Å². The zero-order chi connectivity index (χ0) is 14.5. The molecule has 0 saturated heterocycles. The largest absolute Gasteiger partial charge is 0.391 e. The van der Waals surface area contributed by atoms with Crippen LogP contribution in [-0.4, -0.2) is 23.2 Å². The number of amides is 1. The SMILES string of the molecule is CC(Cc1ccccc1F)C(=O)NC1CCCCC1O. The van der Waals surface area contributed by atoms with Crippen LogP contribution < -0.4 is 5.32 Å². The Kier molecular flexibility index (Phi) is 5.12. The smallest absolute Gasteiger partial charge is 0.223 e. The maximum absolute atomic E-state index is 13.6. The number of aliphatic hydroxyl groups is 1. The monoisotopic (exact) mass is 279 g/mol. The topological polar surface area (TPSA) is 49.3 Å². The first-order valence-corrected chi connectivity index (χ1v) is 7.29. The van der Waals surface area contributed by atoms with E-state index in [1.54, 1.807) is 25.1 Å². The maximum atomic E-state index is 13.6. The highest BCUT2D eigenvalue weighted by atomic mass is 19.1. The Morgan fingerprint density at radius 2 is 2.10 bits per heavy atom. The summed E-state index contributed by atoms with van der Waals surface area (Å²) >= 11 is 0. The number of hydrogen-bond acceptors (Lipinski definition) is 2. The molecule has 0 aromatic heterocycles. The molecule has 0 radical (unpaired) electrons. The molecule has 20 heavy (non-hydrogen) atoms. The van der Waals surface area contributed by atoms with Gasteiger partial charge in [-0.15, -0.1) is 0 Å². The van der Waals surface area contributed by atoms with Gasteiger partial charge in [0.05, 0.1) is 12.1 Å². The molecule has 0 bridgehead atoms. The summed E-state index contributed by atoms with van der Waals surface area (Å²) in [4.78, 5) is 12.1. The molecule has 4 heteroatoms. The number of hydrogen-bond donors (Lipinski definition) is 2. The summed E-state index contributed by atoms with van der Waals surface area (Å²) in [7, 11) is 0. The molecule has 2 N–H and O–H groups in total. The molecule has 1 aliphatic carbocycles. The lowest BCUT2D eigenvalue weighted by molar-refractivity contribution is -0.126. The normalized spacial score (nSPS) is 24.1. The van der Waals surface area contributed by atoms with Gasteiger partial charge in [-0.1, -0.05) is 38.0 Å². The van der Waals surface area contributed by atoms with E-state index in [-0.39, 0.29) is 23.7 Å². The van der Waals surface area contributed by atoms with Gasteiger partial charge in [-0.05, 0) is 30.9 Å². The van der Waals surface area contributed by atoms with E-state index >= 15 is 0 Å². The van der Waals surface area contributed by atoms with Crippen LogP contribution in [-0.2, 0) is 11.2 Å². The first kappa shape index (κ1) is 15.0. The molecule has 0 aliphatic heterocycles. The lowest BCUT2D eigenvalue weighted by Gasteiger charge is -2.29. The number of benzene rings is 1. The minimum atomic E-state index is -0.451. The van der Waals surface area contributed by atoms with E-state index in [0.717, 1.165) is 25.7 Å². The lowest BCUT2D eigenvalue weighted by atomic mass is 9.91. The van der Waals surface area contributed by atoms with E-state index in [9.17, 15) is 14.3 Å². The predicted molar refractivity (Wildman–Crippen MR) is 75.7 cm³/mol. The molecule has 1 aromatic rings. The summed E-state index contributed by atoms with van der Waals surface area (Å²) < 4.78 is 13.6. The van der Waals surface area contributed by atoms with Crippen LogP contribution in [0.4, 0.5) is 4.39 Å². The van der Waals surface area contributed by atoms with Gasteiger partial charge in [-0.3, -0.25) is 4.79 Å². The van der Waals surface area contributed by atoms with E-state index in [2.05, 4.69) is 5.32 Å². The van der Waals surface area contributed by atoms with Crippen molar-refractivity contribution in [2.24, 2.45) is 5.92 Å². The van der Waals surface area contributed by atoms with E-state index in [1.165, 1.54) is 6.07 Å². The summed E-state index contributed by atoms with van der Waals surface area (Å²) in [6.45, 7) is 1.79. The first-order valence-electron chi connectivity index (χ1n) is 7.29. The molecule has 0 heterocycles. The molecule has 1 fully saturated rings. The molecule has 3 atom stereocenters. The third-order valence-corrected chi connectivity index (χ3v) is 3.99. The molecule has 1 aliphatic rings. The van der Waals surface area contributed by atoms with Crippen LogP contribution in [0.1, 0.15) is 38.2 Å². The van der Waals surface area contributed by atoms with Gasteiger partial charge < -0.3 is 10.4 Å². The van der Waals surface area contributed by atoms with Crippen molar-refractivity contribution >= 4 is 5.91 Å². The molecule has 2 rings (SSSR count). The Morgan fingerprint density at radius 3 is 2.80 bits per heavy atom. The highest BCUT2D eigenvalue weighted by molar-refractivity contribution is 5.79. The van der Waals surface area contributed by atoms with Crippen LogP contribution in [0.25, 0.3) is 0 Å². The summed E-state index contributed by atoms with van der Waals surface area (Å²) in [5, 5.41) is 12.8. The van der Waals surface area contributed by atoms with E-state index < -0.39 is 6.10 Å². The molecule has 1 saturated carbocycles. The first-order chi connectivity index (χ1) is 9.58. The van der Waals surface area contributed by atoms with Crippen LogP contribution in [0.3, 0.4) is 0 Å². The van der Waals surface area contributed by atoms with Gasteiger partial charge in [0, 0.05) is 5.92 Å². The standard InChI is InChI=1S/C16H22FNO2/c1-11(10-12-6-2-3-7-13(12)17)16(20)18-14-8-4-5-9-15(14)19/h2-3,6-7,11,14-15,19H,4-5,8-10H2,1H3,(H,18,20). The highest BCUT2D eigenvalue weighted by Crippen LogP contribution is 2.19. The third-order valence-electron chi connectivity index (χ3n) is 3.99. The van der Waals surface area contributed by atoms with Crippen molar-refractivity contribution in [2.75, 3.05) is 0 Å². The lowest BCUT2D eigenvalue weighted by Crippen LogP contribution is -2.47. The summed E-state index contributed by atoms with van der Waals surface area (Å²) in [5.74, 6) is -0.690. The highest BCUT2D eigenvalue weighted by Gasteiger charge is 2.26. The fraction of sp³-hybridized carbons (Fsp3) is 0.562. The van der Waals surface area contributed by atoms with Gasteiger partial charge in [0.1, 0.15) is 5.82 Å². The summed E-state index contributed by atoms with van der Waals surface area (Å²) in [6, 6.07) is 6.37. The number of carbonyl (C=O) groups is 1. The van der Waals surface area contributed by atoms with Crippen LogP contribution in [0.5, 0.6) is 0 Å². The zero-order valence-electron chi connectivity index (χ0n) is 11.8. The van der Waals surface area contributed by atoms with Gasteiger partial charge in [0.2, 0.25) is 5.91 Å². The predicted octanol–water partition coefficient (Wildman–Crippen LogP) is 2.42. The number of carbonyl (C=O) groups excluding carboxylic acids is 1. The molecule has 3 nitrogen and oxygen atoms in total. The maximum Gasteiger partial charge on any atom is 0.223 e. The summed E-state index contributed by atoms with van der Waals surface area (Å²) in [5.41, 5.74) is 0.555. The fourth-order valence-electron chi connectivity index (χ4n) is 2.69. The summed E-state index contributed by atoms with van der Waals surface area (Å²) in [6.07, 6.45) is 3.53. The quantitative estimate of drug-likeness (QED) is 0.889. The second-order valence-corrected chi connectivity index (χ2v) is 5.66. The van der Waals surface area contributed by atoms with E-state index in [4.69, 9.17) is 0 Å². The molecular formula is C16H22FNO2. The van der Waals surface area contributed by atoms with Gasteiger partial charge >= 0.3 is 0 Å². The fourth-order valence-corrected chi connectivity index (χ4v) is 2.69.